The predicted molar refractivity (Wildman–Crippen MR) is 95.2 cm³/mol. The van der Waals surface area contributed by atoms with Gasteiger partial charge in [-0.25, -0.2) is 0 Å². The monoisotopic (exact) mass is 354 g/mol. The SMILES string of the molecule is COCCOc1cccc(CNC(=O)C2C3CCC(C3)C2N)c1.Cl. The molecule has 1 aromatic carbocycles. The van der Waals surface area contributed by atoms with Crippen molar-refractivity contribution in [2.24, 2.45) is 23.5 Å². The molecule has 134 valence electrons. The van der Waals surface area contributed by atoms with Gasteiger partial charge in [-0.05, 0) is 48.8 Å². The standard InChI is InChI=1S/C18H26N2O3.ClH/c1-22-7-8-23-15-4-2-3-12(9-15)11-20-18(21)16-13-5-6-14(10-13)17(16)19;/h2-4,9,13-14,16-17H,5-8,10-11,19H2,1H3,(H,20,21);1H. The summed E-state index contributed by atoms with van der Waals surface area (Å²) in [6.45, 7) is 1.59. The molecule has 1 amide bonds. The molecule has 2 aliphatic rings. The second-order valence-corrected chi connectivity index (χ2v) is 6.64. The van der Waals surface area contributed by atoms with E-state index >= 15 is 0 Å². The fourth-order valence-electron chi connectivity index (χ4n) is 4.02. The van der Waals surface area contributed by atoms with E-state index in [0.29, 0.717) is 31.6 Å². The minimum atomic E-state index is -0.00474. The van der Waals surface area contributed by atoms with Crippen LogP contribution in [0.3, 0.4) is 0 Å². The number of hydrogen-bond acceptors (Lipinski definition) is 4. The lowest BCUT2D eigenvalue weighted by Crippen LogP contribution is -2.45. The van der Waals surface area contributed by atoms with Crippen molar-refractivity contribution in [2.45, 2.75) is 31.8 Å². The van der Waals surface area contributed by atoms with E-state index in [-0.39, 0.29) is 30.3 Å². The largest absolute Gasteiger partial charge is 0.491 e. The molecular formula is C18H27ClN2O3. The van der Waals surface area contributed by atoms with Gasteiger partial charge < -0.3 is 20.5 Å². The van der Waals surface area contributed by atoms with E-state index in [9.17, 15) is 4.79 Å². The lowest BCUT2D eigenvalue weighted by molar-refractivity contribution is -0.127. The summed E-state index contributed by atoms with van der Waals surface area (Å²) in [4.78, 5) is 12.5. The van der Waals surface area contributed by atoms with Crippen molar-refractivity contribution < 1.29 is 14.3 Å². The van der Waals surface area contributed by atoms with Crippen LogP contribution in [-0.4, -0.2) is 32.3 Å². The van der Waals surface area contributed by atoms with Crippen LogP contribution in [0.1, 0.15) is 24.8 Å². The highest BCUT2D eigenvalue weighted by Gasteiger charge is 2.48. The third-order valence-electron chi connectivity index (χ3n) is 5.20. The predicted octanol–water partition coefficient (Wildman–Crippen LogP) is 2.12. The lowest BCUT2D eigenvalue weighted by Gasteiger charge is -2.27. The number of benzene rings is 1. The van der Waals surface area contributed by atoms with E-state index in [4.69, 9.17) is 15.2 Å². The topological polar surface area (TPSA) is 73.6 Å². The number of nitrogens with two attached hydrogens (primary N) is 1. The van der Waals surface area contributed by atoms with Gasteiger partial charge in [-0.2, -0.15) is 0 Å². The van der Waals surface area contributed by atoms with Gasteiger partial charge in [0.15, 0.2) is 0 Å². The van der Waals surface area contributed by atoms with Crippen LogP contribution in [-0.2, 0) is 16.1 Å². The Balaban J connectivity index is 0.00000208. The highest BCUT2D eigenvalue weighted by atomic mass is 35.5. The van der Waals surface area contributed by atoms with Gasteiger partial charge in [0.05, 0.1) is 12.5 Å². The van der Waals surface area contributed by atoms with Crippen molar-refractivity contribution in [2.75, 3.05) is 20.3 Å². The zero-order valence-corrected chi connectivity index (χ0v) is 14.9. The van der Waals surface area contributed by atoms with Gasteiger partial charge in [0.1, 0.15) is 12.4 Å². The van der Waals surface area contributed by atoms with Crippen LogP contribution >= 0.6 is 12.4 Å². The van der Waals surface area contributed by atoms with E-state index < -0.39 is 0 Å². The molecular weight excluding hydrogens is 328 g/mol. The molecule has 3 rings (SSSR count). The number of carbonyl (C=O) groups is 1. The Morgan fingerprint density at radius 1 is 1.29 bits per heavy atom. The molecule has 4 atom stereocenters. The number of halogens is 1. The molecule has 0 radical (unpaired) electrons. The molecule has 6 heteroatoms. The number of fused-ring (bicyclic) bond motifs is 2. The normalized spacial score (nSPS) is 27.6. The van der Waals surface area contributed by atoms with Gasteiger partial charge in [0.2, 0.25) is 5.91 Å². The number of methoxy groups -OCH3 is 1. The number of ether oxygens (including phenoxy) is 2. The Kier molecular flexibility index (Phi) is 6.90. The number of carbonyl (C=O) groups excluding carboxylic acids is 1. The van der Waals surface area contributed by atoms with E-state index in [1.165, 1.54) is 6.42 Å². The lowest BCUT2D eigenvalue weighted by atomic mass is 9.84. The second-order valence-electron chi connectivity index (χ2n) is 6.64. The van der Waals surface area contributed by atoms with Crippen LogP contribution in [0.5, 0.6) is 5.75 Å². The average Bonchev–Trinajstić information content (AvgIpc) is 3.14. The highest BCUT2D eigenvalue weighted by molar-refractivity contribution is 5.85. The van der Waals surface area contributed by atoms with Crippen molar-refractivity contribution in [1.82, 2.24) is 5.32 Å². The van der Waals surface area contributed by atoms with Crippen molar-refractivity contribution in [3.05, 3.63) is 29.8 Å². The summed E-state index contributed by atoms with van der Waals surface area (Å²) in [5.41, 5.74) is 7.27. The van der Waals surface area contributed by atoms with Gasteiger partial charge in [0, 0.05) is 19.7 Å². The molecule has 24 heavy (non-hydrogen) atoms. The van der Waals surface area contributed by atoms with Gasteiger partial charge in [-0.1, -0.05) is 12.1 Å². The van der Waals surface area contributed by atoms with Crippen LogP contribution in [0.15, 0.2) is 24.3 Å². The fraction of sp³-hybridized carbons (Fsp3) is 0.611. The summed E-state index contributed by atoms with van der Waals surface area (Å²) < 4.78 is 10.6. The summed E-state index contributed by atoms with van der Waals surface area (Å²) in [7, 11) is 1.65. The maximum absolute atomic E-state index is 12.5. The molecule has 2 bridgehead atoms. The van der Waals surface area contributed by atoms with Crippen LogP contribution in [0.25, 0.3) is 0 Å². The quantitative estimate of drug-likeness (QED) is 0.736. The molecule has 5 nitrogen and oxygen atoms in total. The first-order chi connectivity index (χ1) is 11.2. The maximum atomic E-state index is 12.5. The molecule has 0 saturated heterocycles. The van der Waals surface area contributed by atoms with Crippen LogP contribution in [0.2, 0.25) is 0 Å². The molecule has 3 N–H and O–H groups in total. The zero-order chi connectivity index (χ0) is 16.2. The maximum Gasteiger partial charge on any atom is 0.225 e. The first kappa shape index (κ1) is 19.0. The Hall–Kier alpha value is -1.30. The molecule has 1 aromatic rings. The number of amides is 1. The van der Waals surface area contributed by atoms with Crippen LogP contribution < -0.4 is 15.8 Å². The molecule has 0 heterocycles. The Labute approximate surface area is 149 Å². The van der Waals surface area contributed by atoms with E-state index in [2.05, 4.69) is 5.32 Å². The first-order valence-electron chi connectivity index (χ1n) is 8.43. The van der Waals surface area contributed by atoms with Gasteiger partial charge in [0.25, 0.3) is 0 Å². The van der Waals surface area contributed by atoms with Crippen molar-refractivity contribution in [3.63, 3.8) is 0 Å². The molecule has 2 fully saturated rings. The van der Waals surface area contributed by atoms with E-state index in [1.54, 1.807) is 7.11 Å². The molecule has 2 aliphatic carbocycles. The Bertz CT molecular complexity index is 553. The third kappa shape index (κ3) is 4.21. The Morgan fingerprint density at radius 3 is 2.79 bits per heavy atom. The summed E-state index contributed by atoms with van der Waals surface area (Å²) in [6.07, 6.45) is 3.47. The minimum Gasteiger partial charge on any atom is -0.491 e. The fourth-order valence-corrected chi connectivity index (χ4v) is 4.02. The minimum absolute atomic E-state index is 0. The third-order valence-corrected chi connectivity index (χ3v) is 5.20. The van der Waals surface area contributed by atoms with Crippen molar-refractivity contribution in [3.8, 4) is 5.75 Å². The summed E-state index contributed by atoms with van der Waals surface area (Å²) in [6, 6.07) is 7.83. The second kappa shape index (κ2) is 8.70. The van der Waals surface area contributed by atoms with Gasteiger partial charge in [-0.15, -0.1) is 12.4 Å². The molecule has 0 aromatic heterocycles. The molecule has 4 unspecified atom stereocenters. The van der Waals surface area contributed by atoms with Gasteiger partial charge in [-0.3, -0.25) is 4.79 Å². The molecule has 2 saturated carbocycles. The number of rotatable bonds is 7. The molecule has 0 aliphatic heterocycles. The highest BCUT2D eigenvalue weighted by Crippen LogP contribution is 2.47. The van der Waals surface area contributed by atoms with Crippen molar-refractivity contribution >= 4 is 18.3 Å². The molecule has 0 spiro atoms. The number of nitrogens with one attached hydrogen (secondary N) is 1. The number of hydrogen-bond donors (Lipinski definition) is 2. The summed E-state index contributed by atoms with van der Waals surface area (Å²) in [5, 5.41) is 3.05. The summed E-state index contributed by atoms with van der Waals surface area (Å²) in [5.74, 6) is 1.93. The first-order valence-corrected chi connectivity index (χ1v) is 8.43. The Morgan fingerprint density at radius 2 is 2.08 bits per heavy atom. The van der Waals surface area contributed by atoms with Crippen LogP contribution in [0, 0.1) is 17.8 Å². The smallest absolute Gasteiger partial charge is 0.225 e. The van der Waals surface area contributed by atoms with E-state index in [0.717, 1.165) is 24.2 Å². The summed E-state index contributed by atoms with van der Waals surface area (Å²) >= 11 is 0. The van der Waals surface area contributed by atoms with Crippen LogP contribution in [0.4, 0.5) is 0 Å². The van der Waals surface area contributed by atoms with E-state index in [1.807, 2.05) is 24.3 Å². The average molecular weight is 355 g/mol. The zero-order valence-electron chi connectivity index (χ0n) is 14.1. The van der Waals surface area contributed by atoms with Gasteiger partial charge >= 0.3 is 0 Å². The van der Waals surface area contributed by atoms with Crippen molar-refractivity contribution in [1.29, 1.82) is 0 Å².